The number of ether oxygens (including phenoxy) is 1. The number of nitrogens with zero attached hydrogens (tertiary/aromatic N) is 1. The second-order valence-corrected chi connectivity index (χ2v) is 5.32. The molecule has 1 saturated heterocycles. The minimum atomic E-state index is -1.23. The molecule has 0 spiro atoms. The summed E-state index contributed by atoms with van der Waals surface area (Å²) in [5.74, 6) is -1.93. The van der Waals surface area contributed by atoms with E-state index in [-0.39, 0.29) is 11.6 Å². The highest BCUT2D eigenvalue weighted by Gasteiger charge is 2.32. The van der Waals surface area contributed by atoms with E-state index in [1.165, 1.54) is 12.1 Å². The number of likely N-dealkylation sites (N-methyl/N-ethyl adjacent to an activating group) is 1. The summed E-state index contributed by atoms with van der Waals surface area (Å²) in [5.41, 5.74) is 1.58. The van der Waals surface area contributed by atoms with Gasteiger partial charge in [-0.15, -0.1) is 0 Å². The molecular formula is C15H16FNO3. The van der Waals surface area contributed by atoms with Crippen LogP contribution < -0.4 is 0 Å². The molecule has 20 heavy (non-hydrogen) atoms. The Labute approximate surface area is 116 Å². The highest BCUT2D eigenvalue weighted by molar-refractivity contribution is 5.89. The smallest absolute Gasteiger partial charge is 0.338 e. The molecule has 4 nitrogen and oxygen atoms in total. The molecule has 3 rings (SSSR count). The van der Waals surface area contributed by atoms with E-state index in [0.29, 0.717) is 19.3 Å². The van der Waals surface area contributed by atoms with Gasteiger partial charge in [0, 0.05) is 6.04 Å². The largest absolute Gasteiger partial charge is 0.478 e. The lowest BCUT2D eigenvalue weighted by molar-refractivity contribution is -0.0221. The van der Waals surface area contributed by atoms with Crippen LogP contribution in [0.5, 0.6) is 0 Å². The van der Waals surface area contributed by atoms with Crippen LogP contribution in [0.1, 0.15) is 22.3 Å². The fourth-order valence-electron chi connectivity index (χ4n) is 2.86. The van der Waals surface area contributed by atoms with Gasteiger partial charge < -0.3 is 9.84 Å². The summed E-state index contributed by atoms with van der Waals surface area (Å²) in [6, 6.07) is 4.80. The number of hydrogen-bond donors (Lipinski definition) is 1. The van der Waals surface area contributed by atoms with Gasteiger partial charge in [-0.05, 0) is 36.7 Å². The fourth-order valence-corrected chi connectivity index (χ4v) is 2.86. The van der Waals surface area contributed by atoms with Crippen molar-refractivity contribution in [2.24, 2.45) is 0 Å². The molecule has 2 unspecified atom stereocenters. The Kier molecular flexibility index (Phi) is 3.31. The Hall–Kier alpha value is -1.72. The molecular weight excluding hydrogens is 261 g/mol. The number of fused-ring (bicyclic) bond motifs is 2. The summed E-state index contributed by atoms with van der Waals surface area (Å²) in [5, 5.41) is 9.00. The van der Waals surface area contributed by atoms with Gasteiger partial charge in [-0.2, -0.15) is 0 Å². The third kappa shape index (κ3) is 2.23. The number of rotatable bonds is 2. The SMILES string of the molecule is CN1C2C=C(c3ccc(F)c(C(=O)O)c3)CC1COC2. The van der Waals surface area contributed by atoms with Crippen molar-refractivity contribution in [3.63, 3.8) is 0 Å². The van der Waals surface area contributed by atoms with E-state index in [2.05, 4.69) is 18.0 Å². The van der Waals surface area contributed by atoms with Gasteiger partial charge >= 0.3 is 5.97 Å². The highest BCUT2D eigenvalue weighted by Crippen LogP contribution is 2.32. The number of morpholine rings is 1. The first-order valence-corrected chi connectivity index (χ1v) is 6.60. The Bertz CT molecular complexity index is 584. The van der Waals surface area contributed by atoms with Gasteiger partial charge in [0.1, 0.15) is 5.82 Å². The molecule has 0 saturated carbocycles. The Morgan fingerprint density at radius 3 is 2.95 bits per heavy atom. The topological polar surface area (TPSA) is 49.8 Å². The molecule has 1 fully saturated rings. The van der Waals surface area contributed by atoms with Crippen LogP contribution in [-0.2, 0) is 4.74 Å². The van der Waals surface area contributed by atoms with Crippen molar-refractivity contribution in [2.75, 3.05) is 20.3 Å². The van der Waals surface area contributed by atoms with Crippen molar-refractivity contribution >= 4 is 11.5 Å². The lowest BCUT2D eigenvalue weighted by atomic mass is 9.89. The molecule has 0 aliphatic carbocycles. The van der Waals surface area contributed by atoms with Crippen molar-refractivity contribution < 1.29 is 19.0 Å². The maximum atomic E-state index is 13.5. The lowest BCUT2D eigenvalue weighted by Gasteiger charge is -2.42. The van der Waals surface area contributed by atoms with Crippen LogP contribution in [-0.4, -0.2) is 48.3 Å². The van der Waals surface area contributed by atoms with E-state index in [9.17, 15) is 9.18 Å². The third-order valence-electron chi connectivity index (χ3n) is 4.11. The van der Waals surface area contributed by atoms with E-state index in [1.54, 1.807) is 6.07 Å². The minimum absolute atomic E-state index is 0.204. The van der Waals surface area contributed by atoms with Crippen molar-refractivity contribution in [1.29, 1.82) is 0 Å². The van der Waals surface area contributed by atoms with Crippen LogP contribution in [0.3, 0.4) is 0 Å². The Morgan fingerprint density at radius 1 is 1.45 bits per heavy atom. The molecule has 0 amide bonds. The fraction of sp³-hybridized carbons (Fsp3) is 0.400. The first-order chi connectivity index (χ1) is 9.56. The quantitative estimate of drug-likeness (QED) is 0.898. The number of halogens is 1. The molecule has 0 radical (unpaired) electrons. The average molecular weight is 277 g/mol. The number of carboxylic acid groups (broad SMARTS) is 1. The molecule has 2 heterocycles. The van der Waals surface area contributed by atoms with Gasteiger partial charge in [0.25, 0.3) is 0 Å². The van der Waals surface area contributed by atoms with Gasteiger partial charge in [0.2, 0.25) is 0 Å². The summed E-state index contributed by atoms with van der Waals surface area (Å²) < 4.78 is 19.0. The average Bonchev–Trinajstić information content (AvgIpc) is 2.38. The zero-order valence-corrected chi connectivity index (χ0v) is 11.2. The first-order valence-electron chi connectivity index (χ1n) is 6.60. The lowest BCUT2D eigenvalue weighted by Crippen LogP contribution is -2.51. The number of carbonyl (C=O) groups is 1. The summed E-state index contributed by atoms with van der Waals surface area (Å²) >= 11 is 0. The molecule has 2 aliphatic rings. The monoisotopic (exact) mass is 277 g/mol. The second kappa shape index (κ2) is 5.00. The van der Waals surface area contributed by atoms with E-state index in [0.717, 1.165) is 17.6 Å². The normalized spacial score (nSPS) is 26.2. The molecule has 1 N–H and O–H groups in total. The predicted octanol–water partition coefficient (Wildman–Crippen LogP) is 2.01. The molecule has 2 aliphatic heterocycles. The highest BCUT2D eigenvalue weighted by atomic mass is 19.1. The van der Waals surface area contributed by atoms with Crippen LogP contribution in [0.2, 0.25) is 0 Å². The number of hydrogen-bond acceptors (Lipinski definition) is 3. The van der Waals surface area contributed by atoms with Gasteiger partial charge in [-0.1, -0.05) is 12.1 Å². The predicted molar refractivity (Wildman–Crippen MR) is 72.1 cm³/mol. The van der Waals surface area contributed by atoms with Crippen LogP contribution in [0, 0.1) is 5.82 Å². The van der Waals surface area contributed by atoms with Crippen LogP contribution >= 0.6 is 0 Å². The zero-order chi connectivity index (χ0) is 14.3. The Balaban J connectivity index is 1.97. The van der Waals surface area contributed by atoms with E-state index < -0.39 is 11.8 Å². The second-order valence-electron chi connectivity index (χ2n) is 5.32. The molecule has 5 heteroatoms. The van der Waals surface area contributed by atoms with Crippen molar-refractivity contribution in [2.45, 2.75) is 18.5 Å². The van der Waals surface area contributed by atoms with Gasteiger partial charge in [0.05, 0.1) is 24.8 Å². The van der Waals surface area contributed by atoms with E-state index in [1.807, 2.05) is 0 Å². The first kappa shape index (κ1) is 13.3. The van der Waals surface area contributed by atoms with Crippen molar-refractivity contribution in [3.05, 3.63) is 41.2 Å². The van der Waals surface area contributed by atoms with E-state index >= 15 is 0 Å². The molecule has 1 aromatic rings. The maximum absolute atomic E-state index is 13.5. The summed E-state index contributed by atoms with van der Waals surface area (Å²) in [4.78, 5) is 13.3. The summed E-state index contributed by atoms with van der Waals surface area (Å²) in [6.07, 6.45) is 2.88. The van der Waals surface area contributed by atoms with Gasteiger partial charge in [0.15, 0.2) is 0 Å². The molecule has 2 atom stereocenters. The molecule has 0 aromatic heterocycles. The zero-order valence-electron chi connectivity index (χ0n) is 11.2. The van der Waals surface area contributed by atoms with Crippen molar-refractivity contribution in [1.82, 2.24) is 4.90 Å². The van der Waals surface area contributed by atoms with Crippen LogP contribution in [0.4, 0.5) is 4.39 Å². The number of carboxylic acids is 1. The molecule has 1 aromatic carbocycles. The van der Waals surface area contributed by atoms with Crippen LogP contribution in [0.25, 0.3) is 5.57 Å². The standard InChI is InChI=1S/C15H16FNO3/c1-17-11-4-10(5-12(17)8-20-7-11)9-2-3-14(16)13(6-9)15(18)19/h2-4,6,11-12H,5,7-8H2,1H3,(H,18,19). The third-order valence-corrected chi connectivity index (χ3v) is 4.11. The summed E-state index contributed by atoms with van der Waals surface area (Å²) in [6.45, 7) is 1.32. The molecule has 2 bridgehead atoms. The van der Waals surface area contributed by atoms with E-state index in [4.69, 9.17) is 9.84 Å². The number of benzene rings is 1. The minimum Gasteiger partial charge on any atom is -0.478 e. The number of aromatic carboxylic acids is 1. The maximum Gasteiger partial charge on any atom is 0.338 e. The molecule has 106 valence electrons. The Morgan fingerprint density at radius 2 is 2.25 bits per heavy atom. The summed E-state index contributed by atoms with van der Waals surface area (Å²) in [7, 11) is 2.07. The van der Waals surface area contributed by atoms with Crippen LogP contribution in [0.15, 0.2) is 24.3 Å². The van der Waals surface area contributed by atoms with Gasteiger partial charge in [-0.25, -0.2) is 9.18 Å². The van der Waals surface area contributed by atoms with Crippen molar-refractivity contribution in [3.8, 4) is 0 Å². The van der Waals surface area contributed by atoms with Gasteiger partial charge in [-0.3, -0.25) is 4.90 Å².